The van der Waals surface area contributed by atoms with Gasteiger partial charge in [-0.15, -0.1) is 10.2 Å². The number of aryl methyl sites for hydroxylation is 1. The van der Waals surface area contributed by atoms with Crippen LogP contribution < -0.4 is 10.9 Å². The van der Waals surface area contributed by atoms with E-state index in [-0.39, 0.29) is 17.0 Å². The van der Waals surface area contributed by atoms with Crippen LogP contribution in [-0.2, 0) is 17.5 Å². The summed E-state index contributed by atoms with van der Waals surface area (Å²) < 4.78 is 42.0. The van der Waals surface area contributed by atoms with E-state index in [1.165, 1.54) is 12.1 Å². The molecule has 2 aromatic heterocycles. The fourth-order valence-electron chi connectivity index (χ4n) is 3.45. The van der Waals surface area contributed by atoms with E-state index >= 15 is 0 Å². The van der Waals surface area contributed by atoms with E-state index in [9.17, 15) is 22.8 Å². The summed E-state index contributed by atoms with van der Waals surface area (Å²) in [5, 5.41) is 11.7. The molecule has 4 aromatic rings. The molecule has 0 radical (unpaired) electrons. The lowest BCUT2D eigenvalue weighted by Crippen LogP contribution is -2.23. The maximum absolute atomic E-state index is 13.0. The number of rotatable bonds is 7. The molecule has 172 valence electrons. The zero-order valence-corrected chi connectivity index (χ0v) is 18.4. The quantitative estimate of drug-likeness (QED) is 0.396. The summed E-state index contributed by atoms with van der Waals surface area (Å²) in [6.07, 6.45) is -2.80. The molecule has 2 aromatic carbocycles. The highest BCUT2D eigenvalue weighted by molar-refractivity contribution is 7.99. The number of anilines is 1. The average molecular weight is 475 g/mol. The Morgan fingerprint density at radius 1 is 1.12 bits per heavy atom. The van der Waals surface area contributed by atoms with E-state index in [2.05, 4.69) is 15.5 Å². The minimum Gasteiger partial charge on any atom is -0.325 e. The third-order valence-corrected chi connectivity index (χ3v) is 5.95. The fraction of sp³-hybridized carbons (Fsp3) is 0.273. The molecule has 7 nitrogen and oxygen atoms in total. The molecule has 0 saturated carbocycles. The molecule has 0 aliphatic heterocycles. The van der Waals surface area contributed by atoms with Crippen molar-refractivity contribution in [1.82, 2.24) is 19.2 Å². The van der Waals surface area contributed by atoms with E-state index in [0.29, 0.717) is 28.4 Å². The van der Waals surface area contributed by atoms with Crippen LogP contribution in [0.25, 0.3) is 16.7 Å². The number of para-hydroxylation sites is 1. The maximum Gasteiger partial charge on any atom is 0.416 e. The Kier molecular flexibility index (Phi) is 6.41. The van der Waals surface area contributed by atoms with Gasteiger partial charge < -0.3 is 5.32 Å². The molecule has 33 heavy (non-hydrogen) atoms. The number of thioether (sulfide) groups is 1. The molecule has 0 aliphatic carbocycles. The van der Waals surface area contributed by atoms with Gasteiger partial charge in [0.1, 0.15) is 0 Å². The van der Waals surface area contributed by atoms with Crippen molar-refractivity contribution < 1.29 is 18.0 Å². The molecule has 0 atom stereocenters. The second-order valence-corrected chi connectivity index (χ2v) is 8.30. The molecule has 0 bridgehead atoms. The minimum atomic E-state index is -4.50. The van der Waals surface area contributed by atoms with Crippen LogP contribution in [0.2, 0.25) is 0 Å². The van der Waals surface area contributed by atoms with E-state index in [1.807, 2.05) is 6.92 Å². The van der Waals surface area contributed by atoms with Crippen LogP contribution in [-0.4, -0.2) is 30.8 Å². The molecular weight excluding hydrogens is 455 g/mol. The molecule has 0 spiro atoms. The van der Waals surface area contributed by atoms with Crippen LogP contribution in [0.4, 0.5) is 18.9 Å². The summed E-state index contributed by atoms with van der Waals surface area (Å²) in [4.78, 5) is 25.4. The number of halogens is 3. The number of nitrogens with one attached hydrogen (secondary N) is 1. The first-order chi connectivity index (χ1) is 15.8. The highest BCUT2D eigenvalue weighted by Gasteiger charge is 2.30. The van der Waals surface area contributed by atoms with Gasteiger partial charge in [-0.1, -0.05) is 43.3 Å². The lowest BCUT2D eigenvalue weighted by atomic mass is 10.2. The number of carbonyl (C=O) groups excluding carboxylic acids is 1. The zero-order valence-electron chi connectivity index (χ0n) is 17.6. The molecular formula is C22H20F3N5O2S. The van der Waals surface area contributed by atoms with Crippen molar-refractivity contribution in [3.63, 3.8) is 0 Å². The first-order valence-electron chi connectivity index (χ1n) is 10.3. The summed E-state index contributed by atoms with van der Waals surface area (Å²) in [6, 6.07) is 11.5. The Morgan fingerprint density at radius 2 is 1.91 bits per heavy atom. The number of benzene rings is 2. The maximum atomic E-state index is 13.0. The summed E-state index contributed by atoms with van der Waals surface area (Å²) in [5.41, 5.74) is -0.317. The SMILES string of the molecule is CCCCn1c(=O)c2ccccc2n2c(SCC(=O)Nc3cccc(C(F)(F)F)c3)nnc12. The predicted octanol–water partition coefficient (Wildman–Crippen LogP) is 4.59. The second kappa shape index (κ2) is 9.26. The monoisotopic (exact) mass is 475 g/mol. The highest BCUT2D eigenvalue weighted by atomic mass is 32.2. The predicted molar refractivity (Wildman–Crippen MR) is 120 cm³/mol. The van der Waals surface area contributed by atoms with Gasteiger partial charge in [0.2, 0.25) is 11.7 Å². The topological polar surface area (TPSA) is 81.3 Å². The normalized spacial score (nSPS) is 11.9. The summed E-state index contributed by atoms with van der Waals surface area (Å²) in [5.74, 6) is -0.202. The van der Waals surface area contributed by atoms with Crippen LogP contribution >= 0.6 is 11.8 Å². The molecule has 0 fully saturated rings. The summed E-state index contributed by atoms with van der Waals surface area (Å²) in [6.45, 7) is 2.51. The van der Waals surface area contributed by atoms with Crippen LogP contribution in [0, 0.1) is 0 Å². The molecule has 2 heterocycles. The van der Waals surface area contributed by atoms with Gasteiger partial charge in [-0.2, -0.15) is 13.2 Å². The zero-order chi connectivity index (χ0) is 23.6. The number of hydrogen-bond acceptors (Lipinski definition) is 5. The van der Waals surface area contributed by atoms with Gasteiger partial charge >= 0.3 is 6.18 Å². The third kappa shape index (κ3) is 4.72. The van der Waals surface area contributed by atoms with Crippen LogP contribution in [0.15, 0.2) is 58.5 Å². The van der Waals surface area contributed by atoms with Gasteiger partial charge in [-0.3, -0.25) is 18.6 Å². The number of amides is 1. The summed E-state index contributed by atoms with van der Waals surface area (Å²) >= 11 is 1.09. The van der Waals surface area contributed by atoms with Gasteiger partial charge in [0, 0.05) is 12.2 Å². The van der Waals surface area contributed by atoms with Crippen molar-refractivity contribution in [2.45, 2.75) is 37.6 Å². The van der Waals surface area contributed by atoms with E-state index < -0.39 is 17.6 Å². The van der Waals surface area contributed by atoms with Crippen molar-refractivity contribution in [3.05, 3.63) is 64.4 Å². The molecule has 1 N–H and O–H groups in total. The van der Waals surface area contributed by atoms with Crippen molar-refractivity contribution in [2.75, 3.05) is 11.1 Å². The van der Waals surface area contributed by atoms with Crippen LogP contribution in [0.3, 0.4) is 0 Å². The molecule has 0 saturated heterocycles. The van der Waals surface area contributed by atoms with E-state index in [0.717, 1.165) is 36.7 Å². The van der Waals surface area contributed by atoms with Gasteiger partial charge in [0.25, 0.3) is 5.56 Å². The van der Waals surface area contributed by atoms with Gasteiger partial charge in [-0.25, -0.2) is 0 Å². The number of carbonyl (C=O) groups is 1. The van der Waals surface area contributed by atoms with Crippen molar-refractivity contribution in [2.24, 2.45) is 0 Å². The molecule has 11 heteroatoms. The number of aromatic nitrogens is 4. The number of fused-ring (bicyclic) bond motifs is 3. The van der Waals surface area contributed by atoms with Crippen LogP contribution in [0.1, 0.15) is 25.3 Å². The smallest absolute Gasteiger partial charge is 0.325 e. The molecule has 4 rings (SSSR count). The largest absolute Gasteiger partial charge is 0.416 e. The number of nitrogens with zero attached hydrogens (tertiary/aromatic N) is 4. The average Bonchev–Trinajstić information content (AvgIpc) is 3.21. The molecule has 1 amide bonds. The van der Waals surface area contributed by atoms with Crippen molar-refractivity contribution in [1.29, 1.82) is 0 Å². The Labute approximate surface area is 190 Å². The number of alkyl halides is 3. The lowest BCUT2D eigenvalue weighted by molar-refractivity contribution is -0.137. The van der Waals surface area contributed by atoms with Crippen molar-refractivity contribution >= 4 is 40.0 Å². The first kappa shape index (κ1) is 22.8. The fourth-order valence-corrected chi connectivity index (χ4v) is 4.19. The van der Waals surface area contributed by atoms with Gasteiger partial charge in [0.15, 0.2) is 5.16 Å². The van der Waals surface area contributed by atoms with E-state index in [4.69, 9.17) is 0 Å². The third-order valence-electron chi connectivity index (χ3n) is 5.02. The molecule has 0 aliphatic rings. The minimum absolute atomic E-state index is 0.0559. The first-order valence-corrected chi connectivity index (χ1v) is 11.2. The Bertz CT molecular complexity index is 1380. The standard InChI is InChI=1S/C22H20F3N5O2S/c1-2-3-11-29-19(32)16-9-4-5-10-17(16)30-20(29)27-28-21(30)33-13-18(31)26-15-8-6-7-14(12-15)22(23,24)25/h4-10,12H,2-3,11,13H2,1H3,(H,26,31). The lowest BCUT2D eigenvalue weighted by Gasteiger charge is -2.11. The molecule has 0 unspecified atom stereocenters. The van der Waals surface area contributed by atoms with Gasteiger partial charge in [0.05, 0.1) is 22.2 Å². The number of hydrogen-bond donors (Lipinski definition) is 1. The van der Waals surface area contributed by atoms with Gasteiger partial charge in [-0.05, 0) is 36.8 Å². The van der Waals surface area contributed by atoms with Crippen LogP contribution in [0.5, 0.6) is 0 Å². The Hall–Kier alpha value is -3.34. The van der Waals surface area contributed by atoms with E-state index in [1.54, 1.807) is 33.2 Å². The second-order valence-electron chi connectivity index (χ2n) is 7.36. The Balaban J connectivity index is 1.60. The highest BCUT2D eigenvalue weighted by Crippen LogP contribution is 2.30. The Morgan fingerprint density at radius 3 is 2.67 bits per heavy atom. The summed E-state index contributed by atoms with van der Waals surface area (Å²) in [7, 11) is 0. The van der Waals surface area contributed by atoms with Crippen molar-refractivity contribution in [3.8, 4) is 0 Å². The number of unbranched alkanes of at least 4 members (excludes halogenated alkanes) is 1.